The van der Waals surface area contributed by atoms with Crippen LogP contribution in [-0.4, -0.2) is 65.8 Å². The van der Waals surface area contributed by atoms with Crippen LogP contribution < -0.4 is 16.4 Å². The Morgan fingerprint density at radius 1 is 0.917 bits per heavy atom. The number of carbonyl (C=O) groups is 3. The summed E-state index contributed by atoms with van der Waals surface area (Å²) >= 11 is 0. The van der Waals surface area contributed by atoms with E-state index >= 15 is 0 Å². The van der Waals surface area contributed by atoms with E-state index in [9.17, 15) is 14.4 Å². The Morgan fingerprint density at radius 2 is 1.58 bits per heavy atom. The summed E-state index contributed by atoms with van der Waals surface area (Å²) in [4.78, 5) is 41.9. The summed E-state index contributed by atoms with van der Waals surface area (Å²) in [5.41, 5.74) is 9.92. The van der Waals surface area contributed by atoms with E-state index in [1.165, 1.54) is 0 Å². The molecule has 4 rings (SSSR count). The molecule has 2 aromatic carbocycles. The molecular weight excluding hydrogens is 454 g/mol. The normalized spacial score (nSPS) is 20.6. The lowest BCUT2D eigenvalue weighted by atomic mass is 9.91. The highest BCUT2D eigenvalue weighted by Gasteiger charge is 2.25. The highest BCUT2D eigenvalue weighted by Crippen LogP contribution is 2.23. The first-order valence-corrected chi connectivity index (χ1v) is 12.9. The topological polar surface area (TPSA) is 108 Å². The molecule has 1 aliphatic heterocycles. The number of anilines is 1. The minimum absolute atomic E-state index is 0.0312. The molecule has 36 heavy (non-hydrogen) atoms. The molecule has 8 nitrogen and oxygen atoms in total. The molecule has 1 saturated carbocycles. The van der Waals surface area contributed by atoms with Crippen molar-refractivity contribution in [1.82, 2.24) is 15.1 Å². The number of nitrogens with two attached hydrogens (primary N) is 1. The second-order valence-corrected chi connectivity index (χ2v) is 10.0. The summed E-state index contributed by atoms with van der Waals surface area (Å²) in [5.74, 6) is -0.303. The van der Waals surface area contributed by atoms with E-state index in [-0.39, 0.29) is 29.8 Å². The van der Waals surface area contributed by atoms with E-state index in [0.717, 1.165) is 49.9 Å². The zero-order valence-corrected chi connectivity index (χ0v) is 21.3. The van der Waals surface area contributed by atoms with Crippen molar-refractivity contribution in [1.29, 1.82) is 0 Å². The third-order valence-corrected chi connectivity index (χ3v) is 7.28. The van der Waals surface area contributed by atoms with Crippen molar-refractivity contribution >= 4 is 23.4 Å². The zero-order valence-electron chi connectivity index (χ0n) is 21.3. The van der Waals surface area contributed by atoms with Crippen LogP contribution in [-0.2, 0) is 11.3 Å². The highest BCUT2D eigenvalue weighted by molar-refractivity contribution is 6.05. The van der Waals surface area contributed by atoms with Crippen LogP contribution in [0.4, 0.5) is 5.69 Å². The maximum Gasteiger partial charge on any atom is 0.255 e. The molecule has 2 unspecified atom stereocenters. The maximum atomic E-state index is 13.1. The Labute approximate surface area is 213 Å². The van der Waals surface area contributed by atoms with E-state index in [0.29, 0.717) is 36.4 Å². The van der Waals surface area contributed by atoms with Crippen LogP contribution in [0.25, 0.3) is 0 Å². The van der Waals surface area contributed by atoms with E-state index in [2.05, 4.69) is 15.5 Å². The molecule has 0 bridgehead atoms. The van der Waals surface area contributed by atoms with Gasteiger partial charge in [-0.25, -0.2) is 0 Å². The number of rotatable bonds is 6. The molecule has 2 atom stereocenters. The molecular formula is C28H37N5O3. The van der Waals surface area contributed by atoms with E-state index in [4.69, 9.17) is 5.73 Å². The molecule has 1 saturated heterocycles. The summed E-state index contributed by atoms with van der Waals surface area (Å²) in [6.45, 7) is 7.07. The van der Waals surface area contributed by atoms with Gasteiger partial charge in [0.25, 0.3) is 11.8 Å². The van der Waals surface area contributed by atoms with Crippen molar-refractivity contribution in [2.45, 2.75) is 58.2 Å². The van der Waals surface area contributed by atoms with Crippen molar-refractivity contribution in [2.24, 2.45) is 5.73 Å². The van der Waals surface area contributed by atoms with Gasteiger partial charge >= 0.3 is 0 Å². The molecule has 3 amide bonds. The number of piperazine rings is 1. The van der Waals surface area contributed by atoms with Crippen LogP contribution in [0, 0.1) is 6.92 Å². The first kappa shape index (κ1) is 25.9. The molecule has 2 aromatic rings. The number of hydrogen-bond donors (Lipinski definition) is 3. The lowest BCUT2D eigenvalue weighted by Crippen LogP contribution is -2.49. The molecule has 8 heteroatoms. The van der Waals surface area contributed by atoms with E-state index in [1.807, 2.05) is 36.1 Å². The van der Waals surface area contributed by atoms with Crippen LogP contribution in [0.2, 0.25) is 0 Å². The largest absolute Gasteiger partial charge is 0.348 e. The van der Waals surface area contributed by atoms with Gasteiger partial charge < -0.3 is 21.3 Å². The quantitative estimate of drug-likeness (QED) is 0.576. The van der Waals surface area contributed by atoms with Crippen LogP contribution in [0.15, 0.2) is 42.5 Å². The van der Waals surface area contributed by atoms with Gasteiger partial charge in [0.1, 0.15) is 0 Å². The lowest BCUT2D eigenvalue weighted by molar-refractivity contribution is -0.130. The van der Waals surface area contributed by atoms with Crippen LogP contribution in [0.3, 0.4) is 0 Å². The molecule has 0 aromatic heterocycles. The van der Waals surface area contributed by atoms with Crippen molar-refractivity contribution in [2.75, 3.05) is 31.5 Å². The molecule has 0 radical (unpaired) electrons. The van der Waals surface area contributed by atoms with Gasteiger partial charge in [-0.05, 0) is 49.6 Å². The minimum Gasteiger partial charge on any atom is -0.348 e. The fraction of sp³-hybridized carbons (Fsp3) is 0.464. The predicted molar refractivity (Wildman–Crippen MR) is 141 cm³/mol. The average molecular weight is 492 g/mol. The summed E-state index contributed by atoms with van der Waals surface area (Å²) in [6, 6.07) is 12.8. The molecule has 4 N–H and O–H groups in total. The number of aryl methyl sites for hydroxylation is 1. The Kier molecular flexibility index (Phi) is 8.38. The Bertz CT molecular complexity index is 1090. The van der Waals surface area contributed by atoms with Gasteiger partial charge in [0, 0.05) is 68.5 Å². The van der Waals surface area contributed by atoms with Crippen LogP contribution >= 0.6 is 0 Å². The Morgan fingerprint density at radius 3 is 2.25 bits per heavy atom. The number of nitrogens with zero attached hydrogens (tertiary/aromatic N) is 2. The molecule has 2 aliphatic rings. The van der Waals surface area contributed by atoms with Gasteiger partial charge in [0.15, 0.2) is 0 Å². The Balaban J connectivity index is 1.53. The third kappa shape index (κ3) is 6.50. The molecule has 192 valence electrons. The van der Waals surface area contributed by atoms with Crippen LogP contribution in [0.5, 0.6) is 0 Å². The monoisotopic (exact) mass is 491 g/mol. The second kappa shape index (κ2) is 11.7. The fourth-order valence-electron chi connectivity index (χ4n) is 4.92. The molecule has 1 heterocycles. The number of hydrogen-bond acceptors (Lipinski definition) is 5. The summed E-state index contributed by atoms with van der Waals surface area (Å²) in [6.07, 6.45) is 3.96. The zero-order chi connectivity index (χ0) is 25.7. The summed E-state index contributed by atoms with van der Waals surface area (Å²) < 4.78 is 0. The first-order valence-electron chi connectivity index (χ1n) is 12.9. The van der Waals surface area contributed by atoms with Crippen molar-refractivity contribution in [3.63, 3.8) is 0 Å². The maximum absolute atomic E-state index is 13.1. The standard InChI is InChI=1S/C28H37N5O3/c1-19-7-9-21(10-8-19)27(35)31-26-17-22(28(36)30-25-6-4-3-5-24(25)29)11-12-23(26)18-32-13-15-33(16-14-32)20(2)34/h7-12,17,24-25H,3-6,13-16,18,29H2,1-2H3,(H,30,36)(H,31,35). The van der Waals surface area contributed by atoms with Crippen molar-refractivity contribution in [3.8, 4) is 0 Å². The Hall–Kier alpha value is -3.23. The number of carbonyl (C=O) groups excluding carboxylic acids is 3. The number of nitrogens with one attached hydrogen (secondary N) is 2. The van der Waals surface area contributed by atoms with Gasteiger partial charge in [0.2, 0.25) is 5.91 Å². The highest BCUT2D eigenvalue weighted by atomic mass is 16.2. The molecule has 1 aliphatic carbocycles. The number of amides is 3. The van der Waals surface area contributed by atoms with E-state index < -0.39 is 0 Å². The van der Waals surface area contributed by atoms with E-state index in [1.54, 1.807) is 25.1 Å². The summed E-state index contributed by atoms with van der Waals surface area (Å²) in [5, 5.41) is 6.13. The van der Waals surface area contributed by atoms with Gasteiger partial charge in [-0.2, -0.15) is 0 Å². The van der Waals surface area contributed by atoms with Gasteiger partial charge in [0.05, 0.1) is 0 Å². The van der Waals surface area contributed by atoms with Gasteiger partial charge in [-0.15, -0.1) is 0 Å². The van der Waals surface area contributed by atoms with Crippen molar-refractivity contribution in [3.05, 3.63) is 64.7 Å². The fourth-order valence-corrected chi connectivity index (χ4v) is 4.92. The summed E-state index contributed by atoms with van der Waals surface area (Å²) in [7, 11) is 0. The minimum atomic E-state index is -0.218. The average Bonchev–Trinajstić information content (AvgIpc) is 2.87. The van der Waals surface area contributed by atoms with Crippen molar-refractivity contribution < 1.29 is 14.4 Å². The van der Waals surface area contributed by atoms with Crippen LogP contribution in [0.1, 0.15) is 64.4 Å². The second-order valence-electron chi connectivity index (χ2n) is 10.0. The smallest absolute Gasteiger partial charge is 0.255 e. The number of benzene rings is 2. The lowest BCUT2D eigenvalue weighted by Gasteiger charge is -2.34. The third-order valence-electron chi connectivity index (χ3n) is 7.28. The van der Waals surface area contributed by atoms with Gasteiger partial charge in [-0.3, -0.25) is 19.3 Å². The molecule has 2 fully saturated rings. The first-order chi connectivity index (χ1) is 17.3. The SMILES string of the molecule is CC(=O)N1CCN(Cc2ccc(C(=O)NC3CCCCC3N)cc2NC(=O)c2ccc(C)cc2)CC1. The predicted octanol–water partition coefficient (Wildman–Crippen LogP) is 2.91. The van der Waals surface area contributed by atoms with Gasteiger partial charge in [-0.1, -0.05) is 36.6 Å². The molecule has 0 spiro atoms.